The molecule has 2 aromatic heterocycles. The Morgan fingerprint density at radius 1 is 1.22 bits per heavy atom. The Balaban J connectivity index is 1.42. The summed E-state index contributed by atoms with van der Waals surface area (Å²) in [6, 6.07) is -0.127. The molecule has 32 heavy (non-hydrogen) atoms. The molecule has 0 bridgehead atoms. The van der Waals surface area contributed by atoms with E-state index in [0.717, 1.165) is 54.3 Å². The van der Waals surface area contributed by atoms with Gasteiger partial charge in [-0.25, -0.2) is 13.4 Å². The number of rotatable bonds is 6. The Hall–Kier alpha value is -1.39. The summed E-state index contributed by atoms with van der Waals surface area (Å²) in [5.41, 5.74) is 1.21. The molecular weight excluding hydrogens is 466 g/mol. The van der Waals surface area contributed by atoms with Crippen molar-refractivity contribution < 1.29 is 13.2 Å². The number of sulfone groups is 1. The number of amides is 1. The minimum Gasteiger partial charge on any atom is -0.341 e. The molecule has 0 spiro atoms. The highest BCUT2D eigenvalue weighted by molar-refractivity contribution is 7.99. The molecule has 1 saturated heterocycles. The third-order valence-corrected chi connectivity index (χ3v) is 10.6. The lowest BCUT2D eigenvalue weighted by molar-refractivity contribution is -0.128. The second-order valence-corrected chi connectivity index (χ2v) is 13.4. The fraction of sp³-hybridized carbons (Fsp3) is 0.682. The molecule has 1 amide bonds. The van der Waals surface area contributed by atoms with Crippen LogP contribution in [-0.4, -0.2) is 59.1 Å². The Kier molecular flexibility index (Phi) is 6.13. The molecule has 0 N–H and O–H groups in total. The van der Waals surface area contributed by atoms with Gasteiger partial charge in [0.05, 0.1) is 22.6 Å². The number of nitrogens with zero attached hydrogens (tertiary/aromatic N) is 3. The standard InChI is InChI=1S/C22H29N3O4S3/c1-24(16-9-10-32(28,29)13-16)18(26)12-31-22-23-20-19(17(11-30-20)14-7-8-14)21(27)25(22)15-5-3-2-4-6-15/h11,14-16H,2-10,12-13H2,1H3/t16-/m0/s1. The Morgan fingerprint density at radius 3 is 2.62 bits per heavy atom. The van der Waals surface area contributed by atoms with Gasteiger partial charge in [-0.3, -0.25) is 14.2 Å². The summed E-state index contributed by atoms with van der Waals surface area (Å²) in [6.45, 7) is 0. The second-order valence-electron chi connectivity index (χ2n) is 9.36. The average molecular weight is 496 g/mol. The number of hydrogen-bond acceptors (Lipinski definition) is 7. The first-order valence-electron chi connectivity index (χ1n) is 11.5. The molecule has 3 fully saturated rings. The number of hydrogen-bond donors (Lipinski definition) is 0. The fourth-order valence-electron chi connectivity index (χ4n) is 4.98. The van der Waals surface area contributed by atoms with E-state index in [2.05, 4.69) is 5.38 Å². The molecule has 7 nitrogen and oxygen atoms in total. The van der Waals surface area contributed by atoms with Gasteiger partial charge in [-0.2, -0.15) is 0 Å². The molecule has 10 heteroatoms. The zero-order valence-corrected chi connectivity index (χ0v) is 20.7. The van der Waals surface area contributed by atoms with Crippen LogP contribution in [0.1, 0.15) is 68.9 Å². The largest absolute Gasteiger partial charge is 0.341 e. The van der Waals surface area contributed by atoms with Gasteiger partial charge in [-0.15, -0.1) is 11.3 Å². The van der Waals surface area contributed by atoms with Gasteiger partial charge in [0.2, 0.25) is 5.91 Å². The zero-order chi connectivity index (χ0) is 22.5. The fourth-order valence-corrected chi connectivity index (χ4v) is 8.80. The average Bonchev–Trinajstić information content (AvgIpc) is 3.43. The summed E-state index contributed by atoms with van der Waals surface area (Å²) in [4.78, 5) is 33.7. The van der Waals surface area contributed by atoms with Crippen LogP contribution in [-0.2, 0) is 14.6 Å². The molecule has 2 aliphatic carbocycles. The number of fused-ring (bicyclic) bond motifs is 1. The van der Waals surface area contributed by atoms with E-state index in [4.69, 9.17) is 4.98 Å². The van der Waals surface area contributed by atoms with E-state index in [1.807, 2.05) is 4.57 Å². The van der Waals surface area contributed by atoms with Crippen LogP contribution in [0.25, 0.3) is 10.2 Å². The number of carbonyl (C=O) groups is 1. The molecule has 0 unspecified atom stereocenters. The molecule has 3 aliphatic rings. The van der Waals surface area contributed by atoms with Crippen LogP contribution >= 0.6 is 23.1 Å². The Morgan fingerprint density at radius 2 is 1.97 bits per heavy atom. The molecular formula is C22H29N3O4S3. The van der Waals surface area contributed by atoms with E-state index >= 15 is 0 Å². The van der Waals surface area contributed by atoms with E-state index in [0.29, 0.717) is 17.5 Å². The summed E-state index contributed by atoms with van der Waals surface area (Å²) < 4.78 is 25.5. The van der Waals surface area contributed by atoms with Gasteiger partial charge in [-0.1, -0.05) is 31.0 Å². The van der Waals surface area contributed by atoms with Gasteiger partial charge >= 0.3 is 0 Å². The van der Waals surface area contributed by atoms with Crippen LogP contribution in [0.2, 0.25) is 0 Å². The Bertz CT molecular complexity index is 1190. The predicted octanol–water partition coefficient (Wildman–Crippen LogP) is 3.58. The maximum atomic E-state index is 13.7. The van der Waals surface area contributed by atoms with Crippen molar-refractivity contribution in [1.29, 1.82) is 0 Å². The highest BCUT2D eigenvalue weighted by Gasteiger charge is 2.33. The van der Waals surface area contributed by atoms with Gasteiger partial charge in [-0.05, 0) is 49.0 Å². The minimum absolute atomic E-state index is 0.0377. The molecule has 1 atom stereocenters. The van der Waals surface area contributed by atoms with Crippen molar-refractivity contribution in [3.63, 3.8) is 0 Å². The van der Waals surface area contributed by atoms with Crippen LogP contribution < -0.4 is 5.56 Å². The van der Waals surface area contributed by atoms with Crippen molar-refractivity contribution >= 4 is 49.1 Å². The maximum absolute atomic E-state index is 13.7. The van der Waals surface area contributed by atoms with Gasteiger partial charge < -0.3 is 4.90 Å². The molecule has 2 aromatic rings. The van der Waals surface area contributed by atoms with Crippen molar-refractivity contribution in [2.75, 3.05) is 24.3 Å². The van der Waals surface area contributed by atoms with Crippen LogP contribution in [0.3, 0.4) is 0 Å². The zero-order valence-electron chi connectivity index (χ0n) is 18.3. The summed E-state index contributed by atoms with van der Waals surface area (Å²) in [7, 11) is -1.37. The monoisotopic (exact) mass is 495 g/mol. The quantitative estimate of drug-likeness (QED) is 0.450. The van der Waals surface area contributed by atoms with E-state index in [1.54, 1.807) is 11.9 Å². The maximum Gasteiger partial charge on any atom is 0.263 e. The number of carbonyl (C=O) groups excluding carboxylic acids is 1. The van der Waals surface area contributed by atoms with Crippen LogP contribution in [0.5, 0.6) is 0 Å². The third kappa shape index (κ3) is 4.37. The van der Waals surface area contributed by atoms with E-state index in [1.165, 1.54) is 29.5 Å². The number of thiophene rings is 1. The number of thioether (sulfide) groups is 1. The van der Waals surface area contributed by atoms with Crippen molar-refractivity contribution in [3.8, 4) is 0 Å². The first-order valence-corrected chi connectivity index (χ1v) is 15.2. The highest BCUT2D eigenvalue weighted by atomic mass is 32.2. The summed E-state index contributed by atoms with van der Waals surface area (Å²) in [5.74, 6) is 0.707. The molecule has 1 aliphatic heterocycles. The van der Waals surface area contributed by atoms with Crippen LogP contribution in [0.4, 0.5) is 0 Å². The molecule has 5 rings (SSSR count). The Labute approximate surface area is 196 Å². The van der Waals surface area contributed by atoms with E-state index in [9.17, 15) is 18.0 Å². The topological polar surface area (TPSA) is 89.3 Å². The lowest BCUT2D eigenvalue weighted by Gasteiger charge is -2.26. The van der Waals surface area contributed by atoms with Crippen LogP contribution in [0, 0.1) is 0 Å². The first kappa shape index (κ1) is 22.4. The molecule has 174 valence electrons. The first-order chi connectivity index (χ1) is 15.3. The molecule has 2 saturated carbocycles. The molecule has 3 heterocycles. The lowest BCUT2D eigenvalue weighted by atomic mass is 9.95. The number of aromatic nitrogens is 2. The highest BCUT2D eigenvalue weighted by Crippen LogP contribution is 2.44. The SMILES string of the molecule is CN(C(=O)CSc1nc2scc(C3CC3)c2c(=O)n1C1CCCCC1)[C@H]1CCS(=O)(=O)C1. The normalized spacial score (nSPS) is 23.6. The van der Waals surface area contributed by atoms with E-state index < -0.39 is 9.84 Å². The molecule has 0 aromatic carbocycles. The van der Waals surface area contributed by atoms with Crippen molar-refractivity contribution in [2.24, 2.45) is 0 Å². The molecule has 0 radical (unpaired) electrons. The van der Waals surface area contributed by atoms with Gasteiger partial charge in [0, 0.05) is 19.1 Å². The van der Waals surface area contributed by atoms with Gasteiger partial charge in [0.25, 0.3) is 5.56 Å². The predicted molar refractivity (Wildman–Crippen MR) is 129 cm³/mol. The van der Waals surface area contributed by atoms with Crippen LogP contribution in [0.15, 0.2) is 15.3 Å². The summed E-state index contributed by atoms with van der Waals surface area (Å²) >= 11 is 2.84. The summed E-state index contributed by atoms with van der Waals surface area (Å²) in [5, 5.41) is 3.50. The van der Waals surface area contributed by atoms with Crippen molar-refractivity contribution in [2.45, 2.75) is 74.5 Å². The smallest absolute Gasteiger partial charge is 0.263 e. The minimum atomic E-state index is -3.05. The third-order valence-electron chi connectivity index (χ3n) is 7.07. The van der Waals surface area contributed by atoms with E-state index in [-0.39, 0.29) is 40.8 Å². The summed E-state index contributed by atoms with van der Waals surface area (Å²) in [6.07, 6.45) is 8.13. The second kappa shape index (κ2) is 8.76. The van der Waals surface area contributed by atoms with Gasteiger partial charge in [0.1, 0.15) is 4.83 Å². The lowest BCUT2D eigenvalue weighted by Crippen LogP contribution is -2.39. The van der Waals surface area contributed by atoms with Gasteiger partial charge in [0.15, 0.2) is 15.0 Å². The van der Waals surface area contributed by atoms with Crippen molar-refractivity contribution in [3.05, 3.63) is 21.3 Å². The van der Waals surface area contributed by atoms with Crippen molar-refractivity contribution in [1.82, 2.24) is 14.5 Å².